The van der Waals surface area contributed by atoms with Crippen molar-refractivity contribution in [2.75, 3.05) is 0 Å². The summed E-state index contributed by atoms with van der Waals surface area (Å²) in [6.07, 6.45) is 4.85. The van der Waals surface area contributed by atoms with Gasteiger partial charge in [-0.3, -0.25) is 4.68 Å². The Morgan fingerprint density at radius 2 is 2.06 bits per heavy atom. The van der Waals surface area contributed by atoms with Crippen LogP contribution in [0.15, 0.2) is 42.7 Å². The predicted molar refractivity (Wildman–Crippen MR) is 68.0 cm³/mol. The van der Waals surface area contributed by atoms with E-state index in [9.17, 15) is 0 Å². The molecule has 3 heteroatoms. The summed E-state index contributed by atoms with van der Waals surface area (Å²) in [6.45, 7) is 5.12. The molecular weight excluding hydrogens is 212 g/mol. The second-order valence-corrected chi connectivity index (χ2v) is 4.11. The van der Waals surface area contributed by atoms with Gasteiger partial charge in [-0.05, 0) is 18.9 Å². The maximum Gasteiger partial charge on any atom is 0.158 e. The molecular formula is C14H18N2O. The first-order valence-electron chi connectivity index (χ1n) is 6.03. The highest BCUT2D eigenvalue weighted by molar-refractivity contribution is 5.20. The minimum atomic E-state index is 0.0514. The zero-order valence-electron chi connectivity index (χ0n) is 10.3. The first-order valence-corrected chi connectivity index (χ1v) is 6.03. The highest BCUT2D eigenvalue weighted by atomic mass is 16.5. The van der Waals surface area contributed by atoms with Gasteiger partial charge in [0, 0.05) is 6.54 Å². The normalized spacial score (nSPS) is 12.4. The van der Waals surface area contributed by atoms with Crippen LogP contribution in [0.25, 0.3) is 0 Å². The highest BCUT2D eigenvalue weighted by Gasteiger charge is 2.07. The van der Waals surface area contributed by atoms with Crippen molar-refractivity contribution in [2.24, 2.45) is 0 Å². The lowest BCUT2D eigenvalue weighted by molar-refractivity contribution is 0.226. The smallest absolute Gasteiger partial charge is 0.158 e. The summed E-state index contributed by atoms with van der Waals surface area (Å²) in [5, 5.41) is 4.24. The third kappa shape index (κ3) is 3.09. The van der Waals surface area contributed by atoms with Crippen LogP contribution in [0.2, 0.25) is 0 Å². The van der Waals surface area contributed by atoms with Crippen LogP contribution in [0.1, 0.15) is 31.9 Å². The fraction of sp³-hybridized carbons (Fsp3) is 0.357. The average molecular weight is 230 g/mol. The fourth-order valence-corrected chi connectivity index (χ4v) is 1.75. The Morgan fingerprint density at radius 3 is 2.76 bits per heavy atom. The van der Waals surface area contributed by atoms with E-state index in [-0.39, 0.29) is 6.10 Å². The standard InChI is InChI=1S/C14H18N2O/c1-3-9-16-11-14(10-15-16)17-12(2)13-7-5-4-6-8-13/h4-8,10-12H,3,9H2,1-2H3. The number of aryl methyl sites for hydroxylation is 1. The van der Waals surface area contributed by atoms with Gasteiger partial charge in [0.05, 0.1) is 12.4 Å². The summed E-state index contributed by atoms with van der Waals surface area (Å²) >= 11 is 0. The molecule has 0 aliphatic rings. The van der Waals surface area contributed by atoms with Crippen LogP contribution in [0, 0.1) is 0 Å². The van der Waals surface area contributed by atoms with Crippen molar-refractivity contribution >= 4 is 0 Å². The zero-order valence-corrected chi connectivity index (χ0v) is 10.3. The molecule has 0 spiro atoms. The Kier molecular flexibility index (Phi) is 3.81. The summed E-state index contributed by atoms with van der Waals surface area (Å²) in [5.41, 5.74) is 1.18. The molecule has 17 heavy (non-hydrogen) atoms. The fourth-order valence-electron chi connectivity index (χ4n) is 1.75. The monoisotopic (exact) mass is 230 g/mol. The first-order chi connectivity index (χ1) is 8.29. The van der Waals surface area contributed by atoms with E-state index in [4.69, 9.17) is 4.74 Å². The minimum Gasteiger partial charge on any atom is -0.483 e. The molecule has 1 atom stereocenters. The summed E-state index contributed by atoms with van der Waals surface area (Å²) in [7, 11) is 0. The van der Waals surface area contributed by atoms with Gasteiger partial charge >= 0.3 is 0 Å². The Balaban J connectivity index is 2.00. The van der Waals surface area contributed by atoms with Gasteiger partial charge in [-0.2, -0.15) is 5.10 Å². The van der Waals surface area contributed by atoms with Crippen molar-refractivity contribution in [1.29, 1.82) is 0 Å². The third-order valence-corrected chi connectivity index (χ3v) is 2.64. The second-order valence-electron chi connectivity index (χ2n) is 4.11. The molecule has 1 unspecified atom stereocenters. The second kappa shape index (κ2) is 5.53. The van der Waals surface area contributed by atoms with E-state index >= 15 is 0 Å². The molecule has 1 aromatic heterocycles. The molecule has 0 aliphatic carbocycles. The van der Waals surface area contributed by atoms with E-state index < -0.39 is 0 Å². The number of ether oxygens (including phenoxy) is 1. The molecule has 90 valence electrons. The summed E-state index contributed by atoms with van der Waals surface area (Å²) in [5.74, 6) is 0.829. The molecule has 2 rings (SSSR count). The molecule has 2 aromatic rings. The Labute approximate surface area is 102 Å². The molecule has 1 aromatic carbocycles. The van der Waals surface area contributed by atoms with Crippen molar-refractivity contribution in [1.82, 2.24) is 9.78 Å². The lowest BCUT2D eigenvalue weighted by Gasteiger charge is -2.12. The van der Waals surface area contributed by atoms with E-state index in [2.05, 4.69) is 24.2 Å². The lowest BCUT2D eigenvalue weighted by atomic mass is 10.1. The topological polar surface area (TPSA) is 27.1 Å². The van der Waals surface area contributed by atoms with E-state index in [1.807, 2.05) is 36.0 Å². The number of aromatic nitrogens is 2. The van der Waals surface area contributed by atoms with Gasteiger partial charge in [0.15, 0.2) is 5.75 Å². The lowest BCUT2D eigenvalue weighted by Crippen LogP contribution is -2.02. The maximum atomic E-state index is 5.84. The van der Waals surface area contributed by atoms with E-state index in [0.717, 1.165) is 18.7 Å². The summed E-state index contributed by atoms with van der Waals surface area (Å²) < 4.78 is 7.75. The largest absolute Gasteiger partial charge is 0.483 e. The van der Waals surface area contributed by atoms with Crippen LogP contribution in [0.4, 0.5) is 0 Å². The molecule has 0 N–H and O–H groups in total. The van der Waals surface area contributed by atoms with Crippen LogP contribution < -0.4 is 4.74 Å². The number of hydrogen-bond donors (Lipinski definition) is 0. The number of nitrogens with zero attached hydrogens (tertiary/aromatic N) is 2. The van der Waals surface area contributed by atoms with Gasteiger partial charge in [-0.25, -0.2) is 0 Å². The van der Waals surface area contributed by atoms with Crippen LogP contribution >= 0.6 is 0 Å². The van der Waals surface area contributed by atoms with E-state index in [0.29, 0.717) is 0 Å². The van der Waals surface area contributed by atoms with Gasteiger partial charge in [-0.1, -0.05) is 37.3 Å². The SMILES string of the molecule is CCCn1cc(OC(C)c2ccccc2)cn1. The van der Waals surface area contributed by atoms with Gasteiger partial charge in [0.2, 0.25) is 0 Å². The van der Waals surface area contributed by atoms with Gasteiger partial charge in [0.1, 0.15) is 6.10 Å². The molecule has 0 radical (unpaired) electrons. The molecule has 3 nitrogen and oxygen atoms in total. The highest BCUT2D eigenvalue weighted by Crippen LogP contribution is 2.20. The number of benzene rings is 1. The summed E-state index contributed by atoms with van der Waals surface area (Å²) in [6, 6.07) is 10.2. The quantitative estimate of drug-likeness (QED) is 0.786. The maximum absolute atomic E-state index is 5.84. The van der Waals surface area contributed by atoms with Crippen molar-refractivity contribution in [2.45, 2.75) is 32.9 Å². The number of rotatable bonds is 5. The molecule has 0 fully saturated rings. The molecule has 0 amide bonds. The van der Waals surface area contributed by atoms with Gasteiger partial charge in [0.25, 0.3) is 0 Å². The molecule has 0 saturated heterocycles. The minimum absolute atomic E-state index is 0.0514. The Bertz CT molecular complexity index is 450. The Hall–Kier alpha value is -1.77. The number of hydrogen-bond acceptors (Lipinski definition) is 2. The summed E-state index contributed by atoms with van der Waals surface area (Å²) in [4.78, 5) is 0. The van der Waals surface area contributed by atoms with Crippen LogP contribution in [-0.4, -0.2) is 9.78 Å². The molecule has 0 saturated carbocycles. The van der Waals surface area contributed by atoms with Gasteiger partial charge < -0.3 is 4.74 Å². The van der Waals surface area contributed by atoms with E-state index in [1.54, 1.807) is 6.20 Å². The van der Waals surface area contributed by atoms with Crippen LogP contribution in [0.3, 0.4) is 0 Å². The van der Waals surface area contributed by atoms with E-state index in [1.165, 1.54) is 5.56 Å². The molecule has 0 aliphatic heterocycles. The van der Waals surface area contributed by atoms with Crippen molar-refractivity contribution in [3.05, 3.63) is 48.3 Å². The average Bonchev–Trinajstić information content (AvgIpc) is 2.78. The third-order valence-electron chi connectivity index (χ3n) is 2.64. The zero-order chi connectivity index (χ0) is 12.1. The van der Waals surface area contributed by atoms with Crippen LogP contribution in [0.5, 0.6) is 5.75 Å². The van der Waals surface area contributed by atoms with Crippen molar-refractivity contribution in [3.8, 4) is 5.75 Å². The van der Waals surface area contributed by atoms with Crippen molar-refractivity contribution < 1.29 is 4.74 Å². The van der Waals surface area contributed by atoms with Gasteiger partial charge in [-0.15, -0.1) is 0 Å². The predicted octanol–water partition coefficient (Wildman–Crippen LogP) is 3.43. The first kappa shape index (κ1) is 11.7. The van der Waals surface area contributed by atoms with Crippen LogP contribution in [-0.2, 0) is 6.54 Å². The molecule has 0 bridgehead atoms. The Morgan fingerprint density at radius 1 is 1.29 bits per heavy atom. The van der Waals surface area contributed by atoms with Crippen molar-refractivity contribution in [3.63, 3.8) is 0 Å². The molecule has 1 heterocycles.